The molecule has 1 aliphatic heterocycles. The maximum absolute atomic E-state index is 12.3. The first kappa shape index (κ1) is 22.6. The van der Waals surface area contributed by atoms with Gasteiger partial charge in [0.2, 0.25) is 5.95 Å². The number of benzene rings is 1. The van der Waals surface area contributed by atoms with E-state index in [2.05, 4.69) is 49.4 Å². The molecule has 0 bridgehead atoms. The van der Waals surface area contributed by atoms with Gasteiger partial charge in [-0.15, -0.1) is 0 Å². The van der Waals surface area contributed by atoms with Crippen molar-refractivity contribution in [3.63, 3.8) is 0 Å². The van der Waals surface area contributed by atoms with Crippen LogP contribution in [0.2, 0.25) is 0 Å². The van der Waals surface area contributed by atoms with Gasteiger partial charge in [0.15, 0.2) is 0 Å². The lowest BCUT2D eigenvalue weighted by atomic mass is 10.1. The molecule has 0 unspecified atom stereocenters. The first-order valence-corrected chi connectivity index (χ1v) is 12.5. The fraction of sp³-hybridized carbons (Fsp3) is 0.400. The Balaban J connectivity index is 1.19. The molecule has 0 saturated carbocycles. The van der Waals surface area contributed by atoms with E-state index in [9.17, 15) is 4.79 Å². The molecule has 2 N–H and O–H groups in total. The van der Waals surface area contributed by atoms with E-state index in [1.165, 1.54) is 43.5 Å². The Hall–Kier alpha value is -2.64. The van der Waals surface area contributed by atoms with Gasteiger partial charge >= 0.3 is 0 Å². The van der Waals surface area contributed by atoms with E-state index in [0.29, 0.717) is 17.9 Å². The zero-order valence-electron chi connectivity index (χ0n) is 18.4. The minimum Gasteiger partial charge on any atom is -0.355 e. The van der Waals surface area contributed by atoms with Gasteiger partial charge in [-0.25, -0.2) is 4.98 Å². The van der Waals surface area contributed by atoms with Crippen molar-refractivity contribution in [1.29, 1.82) is 0 Å². The molecule has 32 heavy (non-hydrogen) atoms. The number of piperidine rings is 1. The highest BCUT2D eigenvalue weighted by molar-refractivity contribution is 7.98. The third-order valence-corrected chi connectivity index (χ3v) is 6.67. The topological polar surface area (TPSA) is 73.9 Å². The number of H-pyrrole nitrogens is 1. The predicted octanol–water partition coefficient (Wildman–Crippen LogP) is 4.09. The second-order valence-electron chi connectivity index (χ2n) is 8.26. The summed E-state index contributed by atoms with van der Waals surface area (Å²) in [6, 6.07) is 12.8. The van der Waals surface area contributed by atoms with Gasteiger partial charge in [0.25, 0.3) is 5.56 Å². The Bertz CT molecular complexity index is 1030. The Kier molecular flexibility index (Phi) is 8.34. The van der Waals surface area contributed by atoms with E-state index in [-0.39, 0.29) is 5.56 Å². The van der Waals surface area contributed by atoms with Crippen molar-refractivity contribution in [2.75, 3.05) is 30.7 Å². The molecular weight excluding hydrogens is 418 g/mol. The van der Waals surface area contributed by atoms with Crippen LogP contribution in [0.15, 0.2) is 59.8 Å². The summed E-state index contributed by atoms with van der Waals surface area (Å²) in [7, 11) is 0. The number of thioether (sulfide) groups is 1. The van der Waals surface area contributed by atoms with E-state index in [4.69, 9.17) is 0 Å². The van der Waals surface area contributed by atoms with Gasteiger partial charge in [0, 0.05) is 55.2 Å². The van der Waals surface area contributed by atoms with Crippen LogP contribution in [0, 0.1) is 0 Å². The zero-order valence-corrected chi connectivity index (χ0v) is 19.2. The average molecular weight is 450 g/mol. The Morgan fingerprint density at radius 1 is 1.03 bits per heavy atom. The summed E-state index contributed by atoms with van der Waals surface area (Å²) in [4.78, 5) is 26.2. The summed E-state index contributed by atoms with van der Waals surface area (Å²) >= 11 is 1.89. The quantitative estimate of drug-likeness (QED) is 0.454. The number of pyridine rings is 1. The smallest absolute Gasteiger partial charge is 0.255 e. The molecule has 4 rings (SSSR count). The van der Waals surface area contributed by atoms with Crippen LogP contribution >= 0.6 is 11.8 Å². The van der Waals surface area contributed by atoms with E-state index in [1.807, 2.05) is 23.9 Å². The van der Waals surface area contributed by atoms with Crippen LogP contribution in [0.5, 0.6) is 0 Å². The first-order valence-electron chi connectivity index (χ1n) is 11.4. The van der Waals surface area contributed by atoms with Crippen molar-refractivity contribution in [3.8, 4) is 0 Å². The van der Waals surface area contributed by atoms with Crippen LogP contribution in [-0.2, 0) is 18.7 Å². The number of aromatic nitrogens is 3. The van der Waals surface area contributed by atoms with Crippen molar-refractivity contribution in [2.45, 2.75) is 38.0 Å². The summed E-state index contributed by atoms with van der Waals surface area (Å²) < 4.78 is 0. The van der Waals surface area contributed by atoms with Crippen LogP contribution in [0.3, 0.4) is 0 Å². The monoisotopic (exact) mass is 449 g/mol. The van der Waals surface area contributed by atoms with Gasteiger partial charge in [0.05, 0.1) is 0 Å². The van der Waals surface area contributed by atoms with Gasteiger partial charge in [-0.05, 0) is 48.7 Å². The molecule has 0 radical (unpaired) electrons. The third-order valence-electron chi connectivity index (χ3n) is 5.64. The molecule has 1 aromatic carbocycles. The highest BCUT2D eigenvalue weighted by atomic mass is 32.2. The summed E-state index contributed by atoms with van der Waals surface area (Å²) in [6.45, 7) is 4.27. The molecule has 3 heterocycles. The van der Waals surface area contributed by atoms with E-state index < -0.39 is 0 Å². The number of nitrogens with one attached hydrogen (secondary N) is 2. The minimum absolute atomic E-state index is 0.107. The molecule has 168 valence electrons. The van der Waals surface area contributed by atoms with E-state index >= 15 is 0 Å². The minimum atomic E-state index is -0.107. The summed E-state index contributed by atoms with van der Waals surface area (Å²) in [5.74, 6) is 2.45. The van der Waals surface area contributed by atoms with Crippen LogP contribution < -0.4 is 10.9 Å². The SMILES string of the molecule is O=c1[nH]c(NCCSCc2cccc(CN3CCCCC3)c2)ncc1Cc1cccnc1. The van der Waals surface area contributed by atoms with Crippen molar-refractivity contribution < 1.29 is 0 Å². The maximum Gasteiger partial charge on any atom is 0.255 e. The lowest BCUT2D eigenvalue weighted by Gasteiger charge is -2.26. The van der Waals surface area contributed by atoms with Gasteiger partial charge in [-0.2, -0.15) is 11.8 Å². The maximum atomic E-state index is 12.3. The van der Waals surface area contributed by atoms with Crippen LogP contribution in [-0.4, -0.2) is 45.2 Å². The largest absolute Gasteiger partial charge is 0.355 e. The zero-order chi connectivity index (χ0) is 22.0. The molecule has 1 saturated heterocycles. The fourth-order valence-corrected chi connectivity index (χ4v) is 4.79. The molecule has 1 aliphatic rings. The highest BCUT2D eigenvalue weighted by Crippen LogP contribution is 2.17. The number of hydrogen-bond donors (Lipinski definition) is 2. The third kappa shape index (κ3) is 6.93. The number of likely N-dealkylation sites (tertiary alicyclic amines) is 1. The lowest BCUT2D eigenvalue weighted by molar-refractivity contribution is 0.221. The molecule has 0 amide bonds. The Morgan fingerprint density at radius 2 is 1.88 bits per heavy atom. The molecule has 6 nitrogen and oxygen atoms in total. The lowest BCUT2D eigenvalue weighted by Crippen LogP contribution is -2.29. The predicted molar refractivity (Wildman–Crippen MR) is 132 cm³/mol. The number of nitrogens with zero attached hydrogens (tertiary/aromatic N) is 3. The molecule has 1 fully saturated rings. The van der Waals surface area contributed by atoms with E-state index in [0.717, 1.165) is 30.2 Å². The second-order valence-corrected chi connectivity index (χ2v) is 9.37. The summed E-state index contributed by atoms with van der Waals surface area (Å²) in [5, 5.41) is 3.22. The Labute approximate surface area is 193 Å². The fourth-order valence-electron chi connectivity index (χ4n) is 3.98. The van der Waals surface area contributed by atoms with E-state index in [1.54, 1.807) is 18.6 Å². The van der Waals surface area contributed by atoms with Gasteiger partial charge < -0.3 is 5.32 Å². The van der Waals surface area contributed by atoms with Crippen molar-refractivity contribution in [2.24, 2.45) is 0 Å². The highest BCUT2D eigenvalue weighted by Gasteiger charge is 2.10. The van der Waals surface area contributed by atoms with Crippen LogP contribution in [0.1, 0.15) is 41.5 Å². The molecule has 0 atom stereocenters. The molecule has 0 aliphatic carbocycles. The van der Waals surface area contributed by atoms with Gasteiger partial charge in [0.1, 0.15) is 0 Å². The molecule has 2 aromatic heterocycles. The number of aromatic amines is 1. The number of anilines is 1. The van der Waals surface area contributed by atoms with Crippen molar-refractivity contribution in [1.82, 2.24) is 19.9 Å². The number of hydrogen-bond acceptors (Lipinski definition) is 6. The first-order chi connectivity index (χ1) is 15.8. The average Bonchev–Trinajstić information content (AvgIpc) is 2.82. The van der Waals surface area contributed by atoms with Gasteiger partial charge in [-0.1, -0.05) is 36.8 Å². The summed E-state index contributed by atoms with van der Waals surface area (Å²) in [6.07, 6.45) is 9.71. The van der Waals surface area contributed by atoms with Crippen LogP contribution in [0.25, 0.3) is 0 Å². The molecule has 0 spiro atoms. The Morgan fingerprint density at radius 3 is 2.69 bits per heavy atom. The summed E-state index contributed by atoms with van der Waals surface area (Å²) in [5.41, 5.74) is 4.32. The van der Waals surface area contributed by atoms with Crippen LogP contribution in [0.4, 0.5) is 5.95 Å². The normalized spacial score (nSPS) is 14.4. The number of rotatable bonds is 10. The van der Waals surface area contributed by atoms with Crippen molar-refractivity contribution >= 4 is 17.7 Å². The molecule has 7 heteroatoms. The standard InChI is InChI=1S/C25H31N5OS/c31-24-23(15-20-8-5-9-26-16-20)17-28-25(29-24)27-10-13-32-19-22-7-4-6-21(14-22)18-30-11-2-1-3-12-30/h4-9,14,16-17H,1-3,10-13,15,18-19H2,(H2,27,28,29,31). The molecular formula is C25H31N5OS. The van der Waals surface area contributed by atoms with Crippen molar-refractivity contribution in [3.05, 3.63) is 87.6 Å². The van der Waals surface area contributed by atoms with Gasteiger partial charge in [-0.3, -0.25) is 19.7 Å². The second kappa shape index (κ2) is 11.8. The molecule has 3 aromatic rings.